The Bertz CT molecular complexity index is 404. The third kappa shape index (κ3) is 3.76. The fourth-order valence-corrected chi connectivity index (χ4v) is 1.01. The molecule has 0 radical (unpaired) electrons. The Balaban J connectivity index is 2.85. The van der Waals surface area contributed by atoms with Crippen LogP contribution in [0.4, 0.5) is 13.2 Å². The van der Waals surface area contributed by atoms with Crippen molar-refractivity contribution in [3.05, 3.63) is 23.5 Å². The van der Waals surface area contributed by atoms with Crippen LogP contribution in [0.2, 0.25) is 0 Å². The minimum absolute atomic E-state index is 0.0846. The van der Waals surface area contributed by atoms with E-state index in [1.807, 2.05) is 0 Å². The molecule has 0 aliphatic carbocycles. The first-order valence-electron chi connectivity index (χ1n) is 4.26. The molecule has 1 aromatic rings. The number of ether oxygens (including phenoxy) is 1. The molecule has 0 fully saturated rings. The van der Waals surface area contributed by atoms with Gasteiger partial charge in [0, 0.05) is 17.8 Å². The number of rotatable bonds is 3. The minimum Gasteiger partial charge on any atom is -0.484 e. The first-order valence-corrected chi connectivity index (χ1v) is 4.26. The summed E-state index contributed by atoms with van der Waals surface area (Å²) in [5.41, 5.74) is 5.18. The SMILES string of the molecule is Cc1cc(OCC(F)(F)F)cc(C(N)=O)n1. The van der Waals surface area contributed by atoms with E-state index in [1.54, 1.807) is 0 Å². The second-order valence-electron chi connectivity index (χ2n) is 3.10. The van der Waals surface area contributed by atoms with Gasteiger partial charge in [0.15, 0.2) is 6.61 Å². The standard InChI is InChI=1S/C9H9F3N2O2/c1-5-2-6(16-4-9(10,11)12)3-7(14-5)8(13)15/h2-3H,4H2,1H3,(H2,13,15). The van der Waals surface area contributed by atoms with Gasteiger partial charge in [0.1, 0.15) is 11.4 Å². The van der Waals surface area contributed by atoms with Gasteiger partial charge in [-0.2, -0.15) is 13.2 Å². The van der Waals surface area contributed by atoms with Crippen LogP contribution in [0.1, 0.15) is 16.2 Å². The number of aryl methyl sites for hydroxylation is 1. The summed E-state index contributed by atoms with van der Waals surface area (Å²) in [5, 5.41) is 0. The van der Waals surface area contributed by atoms with Crippen LogP contribution in [-0.2, 0) is 0 Å². The van der Waals surface area contributed by atoms with E-state index < -0.39 is 18.7 Å². The van der Waals surface area contributed by atoms with Crippen LogP contribution in [0.5, 0.6) is 5.75 Å². The van der Waals surface area contributed by atoms with Gasteiger partial charge in [-0.1, -0.05) is 0 Å². The number of carbonyl (C=O) groups is 1. The second-order valence-corrected chi connectivity index (χ2v) is 3.10. The van der Waals surface area contributed by atoms with Crippen LogP contribution in [0.25, 0.3) is 0 Å². The number of aromatic nitrogens is 1. The van der Waals surface area contributed by atoms with Crippen LogP contribution in [0.3, 0.4) is 0 Å². The molecule has 0 spiro atoms. The molecule has 0 unspecified atom stereocenters. The number of hydrogen-bond donors (Lipinski definition) is 1. The molecule has 1 amide bonds. The highest BCUT2D eigenvalue weighted by atomic mass is 19.4. The van der Waals surface area contributed by atoms with Crippen LogP contribution in [0, 0.1) is 6.92 Å². The van der Waals surface area contributed by atoms with Crippen LogP contribution in [-0.4, -0.2) is 23.7 Å². The van der Waals surface area contributed by atoms with Gasteiger partial charge in [0.25, 0.3) is 5.91 Å². The first kappa shape index (κ1) is 12.3. The average molecular weight is 234 g/mol. The molecule has 7 heteroatoms. The zero-order valence-electron chi connectivity index (χ0n) is 8.34. The topological polar surface area (TPSA) is 65.2 Å². The van der Waals surface area contributed by atoms with E-state index in [0.29, 0.717) is 5.69 Å². The zero-order valence-corrected chi connectivity index (χ0v) is 8.34. The molecule has 1 heterocycles. The predicted molar refractivity (Wildman–Crippen MR) is 49.0 cm³/mol. The van der Waals surface area contributed by atoms with Gasteiger partial charge in [-0.3, -0.25) is 4.79 Å². The second kappa shape index (κ2) is 4.38. The molecule has 0 aliphatic heterocycles. The molecule has 0 aliphatic rings. The van der Waals surface area contributed by atoms with Gasteiger partial charge in [0.05, 0.1) is 0 Å². The number of pyridine rings is 1. The predicted octanol–water partition coefficient (Wildman–Crippen LogP) is 1.43. The van der Waals surface area contributed by atoms with E-state index in [9.17, 15) is 18.0 Å². The van der Waals surface area contributed by atoms with E-state index in [-0.39, 0.29) is 11.4 Å². The summed E-state index contributed by atoms with van der Waals surface area (Å²) in [4.78, 5) is 14.5. The van der Waals surface area contributed by atoms with Gasteiger partial charge >= 0.3 is 6.18 Å². The molecular weight excluding hydrogens is 225 g/mol. The molecule has 0 bridgehead atoms. The Morgan fingerprint density at radius 2 is 2.12 bits per heavy atom. The third-order valence-corrected chi connectivity index (χ3v) is 1.58. The summed E-state index contributed by atoms with van der Waals surface area (Å²) < 4.78 is 40.1. The van der Waals surface area contributed by atoms with Gasteiger partial charge in [0.2, 0.25) is 0 Å². The highest BCUT2D eigenvalue weighted by Crippen LogP contribution is 2.19. The molecule has 0 atom stereocenters. The quantitative estimate of drug-likeness (QED) is 0.860. The highest BCUT2D eigenvalue weighted by Gasteiger charge is 2.28. The Morgan fingerprint density at radius 3 is 2.62 bits per heavy atom. The lowest BCUT2D eigenvalue weighted by Crippen LogP contribution is -2.20. The number of primary amides is 1. The number of nitrogens with two attached hydrogens (primary N) is 1. The van der Waals surface area contributed by atoms with Crippen LogP contribution < -0.4 is 10.5 Å². The van der Waals surface area contributed by atoms with Crippen molar-refractivity contribution >= 4 is 5.91 Å². The summed E-state index contributed by atoms with van der Waals surface area (Å²) in [5.74, 6) is -0.904. The summed E-state index contributed by atoms with van der Waals surface area (Å²) in [6.07, 6.45) is -4.43. The molecule has 88 valence electrons. The number of halogens is 3. The van der Waals surface area contributed by atoms with Gasteiger partial charge < -0.3 is 10.5 Å². The van der Waals surface area contributed by atoms with Gasteiger partial charge in [-0.15, -0.1) is 0 Å². The average Bonchev–Trinajstić information content (AvgIpc) is 2.13. The summed E-state index contributed by atoms with van der Waals surface area (Å²) in [6.45, 7) is 0.0988. The third-order valence-electron chi connectivity index (χ3n) is 1.58. The summed E-state index contributed by atoms with van der Waals surface area (Å²) in [7, 11) is 0. The van der Waals surface area contributed by atoms with Crippen molar-refractivity contribution in [2.75, 3.05) is 6.61 Å². The van der Waals surface area contributed by atoms with Crippen LogP contribution in [0.15, 0.2) is 12.1 Å². The van der Waals surface area contributed by atoms with Crippen molar-refractivity contribution in [1.82, 2.24) is 4.98 Å². The lowest BCUT2D eigenvalue weighted by molar-refractivity contribution is -0.153. The van der Waals surface area contributed by atoms with Crippen molar-refractivity contribution < 1.29 is 22.7 Å². The van der Waals surface area contributed by atoms with E-state index in [2.05, 4.69) is 9.72 Å². The van der Waals surface area contributed by atoms with Gasteiger partial charge in [-0.25, -0.2) is 4.98 Å². The van der Waals surface area contributed by atoms with Crippen LogP contribution >= 0.6 is 0 Å². The maximum absolute atomic E-state index is 11.9. The molecule has 0 saturated carbocycles. The number of alkyl halides is 3. The van der Waals surface area contributed by atoms with Crippen molar-refractivity contribution in [3.8, 4) is 5.75 Å². The smallest absolute Gasteiger partial charge is 0.422 e. The number of hydrogen-bond acceptors (Lipinski definition) is 3. The van der Waals surface area contributed by atoms with Crippen molar-refractivity contribution in [3.63, 3.8) is 0 Å². The summed E-state index contributed by atoms with van der Waals surface area (Å²) in [6, 6.07) is 2.36. The largest absolute Gasteiger partial charge is 0.484 e. The first-order chi connectivity index (χ1) is 7.28. The minimum atomic E-state index is -4.43. The molecule has 0 aromatic carbocycles. The number of amides is 1. The lowest BCUT2D eigenvalue weighted by atomic mass is 10.3. The van der Waals surface area contributed by atoms with E-state index in [1.165, 1.54) is 13.0 Å². The van der Waals surface area contributed by atoms with E-state index in [0.717, 1.165) is 6.07 Å². The number of carbonyl (C=O) groups excluding carboxylic acids is 1. The number of nitrogens with zero attached hydrogens (tertiary/aromatic N) is 1. The molecule has 1 rings (SSSR count). The normalized spacial score (nSPS) is 11.2. The van der Waals surface area contributed by atoms with E-state index in [4.69, 9.17) is 5.73 Å². The molecular formula is C9H9F3N2O2. The molecule has 1 aromatic heterocycles. The summed E-state index contributed by atoms with van der Waals surface area (Å²) >= 11 is 0. The monoisotopic (exact) mass is 234 g/mol. The fourth-order valence-electron chi connectivity index (χ4n) is 1.01. The Kier molecular flexibility index (Phi) is 3.36. The van der Waals surface area contributed by atoms with Gasteiger partial charge in [-0.05, 0) is 6.92 Å². The fraction of sp³-hybridized carbons (Fsp3) is 0.333. The Morgan fingerprint density at radius 1 is 1.50 bits per heavy atom. The van der Waals surface area contributed by atoms with Crippen molar-refractivity contribution in [1.29, 1.82) is 0 Å². The molecule has 4 nitrogen and oxygen atoms in total. The molecule has 2 N–H and O–H groups in total. The van der Waals surface area contributed by atoms with Crippen molar-refractivity contribution in [2.45, 2.75) is 13.1 Å². The van der Waals surface area contributed by atoms with E-state index >= 15 is 0 Å². The zero-order chi connectivity index (χ0) is 12.3. The maximum Gasteiger partial charge on any atom is 0.422 e. The Hall–Kier alpha value is -1.79. The maximum atomic E-state index is 11.9. The molecule has 16 heavy (non-hydrogen) atoms. The lowest BCUT2D eigenvalue weighted by Gasteiger charge is -2.10. The molecule has 0 saturated heterocycles. The Labute approximate surface area is 89.2 Å². The van der Waals surface area contributed by atoms with Crippen molar-refractivity contribution in [2.24, 2.45) is 5.73 Å². The highest BCUT2D eigenvalue weighted by molar-refractivity contribution is 5.91.